The highest BCUT2D eigenvalue weighted by molar-refractivity contribution is 7.87. The van der Waals surface area contributed by atoms with E-state index in [2.05, 4.69) is 4.18 Å². The zero-order valence-electron chi connectivity index (χ0n) is 9.64. The van der Waals surface area contributed by atoms with Crippen LogP contribution in [-0.2, 0) is 14.3 Å². The molecular formula is C11H9F3O4S. The smallest absolute Gasteiger partial charge is 0.381 e. The molecule has 0 radical (unpaired) electrons. The lowest BCUT2D eigenvalue weighted by atomic mass is 10.1. The van der Waals surface area contributed by atoms with Crippen molar-refractivity contribution in [2.45, 2.75) is 12.4 Å². The van der Waals surface area contributed by atoms with Crippen LogP contribution in [0.4, 0.5) is 13.2 Å². The van der Waals surface area contributed by atoms with E-state index >= 15 is 0 Å². The highest BCUT2D eigenvalue weighted by Gasteiger charge is 2.48. The van der Waals surface area contributed by atoms with Crippen molar-refractivity contribution in [2.24, 2.45) is 0 Å². The van der Waals surface area contributed by atoms with Gasteiger partial charge in [-0.3, -0.25) is 4.79 Å². The van der Waals surface area contributed by atoms with Gasteiger partial charge in [0.05, 0.1) is 0 Å². The van der Waals surface area contributed by atoms with E-state index < -0.39 is 27.2 Å². The number of rotatable bonds is 4. The van der Waals surface area contributed by atoms with E-state index in [1.54, 1.807) is 18.2 Å². The Kier molecular flexibility index (Phi) is 4.35. The minimum absolute atomic E-state index is 0.204. The summed E-state index contributed by atoms with van der Waals surface area (Å²) in [6, 6.07) is 7.64. The van der Waals surface area contributed by atoms with Crippen molar-refractivity contribution in [1.29, 1.82) is 0 Å². The molecule has 1 aromatic rings. The van der Waals surface area contributed by atoms with E-state index in [4.69, 9.17) is 0 Å². The van der Waals surface area contributed by atoms with Gasteiger partial charge in [0.15, 0.2) is 5.78 Å². The molecule has 0 N–H and O–H groups in total. The summed E-state index contributed by atoms with van der Waals surface area (Å²) in [7, 11) is -5.75. The number of halogens is 3. The van der Waals surface area contributed by atoms with Gasteiger partial charge in [-0.1, -0.05) is 30.3 Å². The fourth-order valence-corrected chi connectivity index (χ4v) is 1.60. The summed E-state index contributed by atoms with van der Waals surface area (Å²) in [4.78, 5) is 11.6. The Balaban J connectivity index is 2.88. The van der Waals surface area contributed by atoms with Crippen molar-refractivity contribution in [2.75, 3.05) is 0 Å². The molecule has 0 amide bonds. The Bertz CT molecular complexity index is 588. The van der Waals surface area contributed by atoms with Crippen LogP contribution in [0.5, 0.6) is 0 Å². The molecule has 0 saturated carbocycles. The Morgan fingerprint density at radius 1 is 1.21 bits per heavy atom. The number of alkyl halides is 3. The predicted octanol–water partition coefficient (Wildman–Crippen LogP) is 2.64. The zero-order valence-corrected chi connectivity index (χ0v) is 10.5. The van der Waals surface area contributed by atoms with Crippen LogP contribution in [0.25, 0.3) is 0 Å². The predicted molar refractivity (Wildman–Crippen MR) is 60.6 cm³/mol. The lowest BCUT2D eigenvalue weighted by Gasteiger charge is -2.09. The largest absolute Gasteiger partial charge is 0.534 e. The van der Waals surface area contributed by atoms with Crippen molar-refractivity contribution in [1.82, 2.24) is 0 Å². The normalized spacial score (nSPS) is 13.2. The number of carbonyl (C=O) groups excluding carboxylic acids is 1. The van der Waals surface area contributed by atoms with Crippen LogP contribution in [0.2, 0.25) is 0 Å². The van der Waals surface area contributed by atoms with Gasteiger partial charge >= 0.3 is 15.6 Å². The molecule has 0 fully saturated rings. The number of hydrogen-bond acceptors (Lipinski definition) is 4. The summed E-state index contributed by atoms with van der Waals surface area (Å²) in [5.41, 5.74) is -5.33. The van der Waals surface area contributed by atoms with Crippen molar-refractivity contribution < 1.29 is 30.6 Å². The van der Waals surface area contributed by atoms with Crippen LogP contribution >= 0.6 is 0 Å². The molecule has 1 rings (SSSR count). The van der Waals surface area contributed by atoms with Gasteiger partial charge in [0, 0.05) is 11.6 Å². The average Bonchev–Trinajstić information content (AvgIpc) is 2.27. The maximum Gasteiger partial charge on any atom is 0.534 e. The molecule has 0 aliphatic carbocycles. The molecule has 0 bridgehead atoms. The first-order valence-electron chi connectivity index (χ1n) is 4.92. The maximum absolute atomic E-state index is 12.0. The summed E-state index contributed by atoms with van der Waals surface area (Å²) < 4.78 is 61.2. The number of ketones is 1. The minimum atomic E-state index is -5.75. The van der Waals surface area contributed by atoms with Crippen molar-refractivity contribution in [3.05, 3.63) is 47.7 Å². The highest BCUT2D eigenvalue weighted by atomic mass is 32.2. The molecule has 0 saturated heterocycles. The third-order valence-corrected chi connectivity index (χ3v) is 2.97. The summed E-state index contributed by atoms with van der Waals surface area (Å²) in [6.45, 7) is 0.949. The summed E-state index contributed by atoms with van der Waals surface area (Å²) in [5.74, 6) is -1.32. The second-order valence-electron chi connectivity index (χ2n) is 3.47. The van der Waals surface area contributed by atoms with Crippen molar-refractivity contribution in [3.8, 4) is 0 Å². The van der Waals surface area contributed by atoms with Gasteiger partial charge in [-0.05, 0) is 6.92 Å². The highest BCUT2D eigenvalue weighted by Crippen LogP contribution is 2.26. The Morgan fingerprint density at radius 2 is 1.74 bits per heavy atom. The summed E-state index contributed by atoms with van der Waals surface area (Å²) in [5, 5.41) is 0. The van der Waals surface area contributed by atoms with E-state index in [0.29, 0.717) is 6.08 Å². The molecule has 8 heteroatoms. The Hall–Kier alpha value is -1.83. The first-order valence-corrected chi connectivity index (χ1v) is 6.33. The molecule has 104 valence electrons. The number of benzene rings is 1. The third kappa shape index (κ3) is 4.09. The SMILES string of the molecule is C/C(=C/C(=O)c1ccccc1)OS(=O)(=O)C(F)(F)F. The second-order valence-corrected chi connectivity index (χ2v) is 5.01. The van der Waals surface area contributed by atoms with E-state index in [0.717, 1.165) is 6.92 Å². The molecule has 0 atom stereocenters. The molecule has 0 aliphatic rings. The molecule has 0 aromatic heterocycles. The first kappa shape index (κ1) is 15.2. The fourth-order valence-electron chi connectivity index (χ4n) is 1.11. The quantitative estimate of drug-likeness (QED) is 0.281. The van der Waals surface area contributed by atoms with Gasteiger partial charge in [0.25, 0.3) is 0 Å². The number of carbonyl (C=O) groups is 1. The molecule has 0 aliphatic heterocycles. The van der Waals surface area contributed by atoms with E-state index in [1.165, 1.54) is 12.1 Å². The van der Waals surface area contributed by atoms with E-state index in [9.17, 15) is 26.4 Å². The number of hydrogen-bond donors (Lipinski definition) is 0. The fraction of sp³-hybridized carbons (Fsp3) is 0.182. The third-order valence-electron chi connectivity index (χ3n) is 1.92. The minimum Gasteiger partial charge on any atom is -0.381 e. The zero-order chi connectivity index (χ0) is 14.7. The van der Waals surface area contributed by atoms with Gasteiger partial charge in [0.2, 0.25) is 0 Å². The molecular weight excluding hydrogens is 285 g/mol. The second kappa shape index (κ2) is 5.43. The van der Waals surface area contributed by atoms with Crippen LogP contribution in [0.3, 0.4) is 0 Å². The summed E-state index contributed by atoms with van der Waals surface area (Å²) in [6.07, 6.45) is 0.679. The van der Waals surface area contributed by atoms with Crippen LogP contribution < -0.4 is 0 Å². The van der Waals surface area contributed by atoms with Gasteiger partial charge in [0.1, 0.15) is 5.76 Å². The van der Waals surface area contributed by atoms with Gasteiger partial charge in [-0.15, -0.1) is 0 Å². The van der Waals surface area contributed by atoms with Gasteiger partial charge < -0.3 is 4.18 Å². The number of allylic oxidation sites excluding steroid dienone is 2. The van der Waals surface area contributed by atoms with Crippen LogP contribution in [0.15, 0.2) is 42.2 Å². The average molecular weight is 294 g/mol. The Morgan fingerprint density at radius 3 is 2.21 bits per heavy atom. The molecule has 0 unspecified atom stereocenters. The molecule has 0 heterocycles. The molecule has 4 nitrogen and oxygen atoms in total. The standard InChI is InChI=1S/C11H9F3O4S/c1-8(18-19(16,17)11(12,13)14)7-10(15)9-5-3-2-4-6-9/h2-7H,1H3/b8-7-. The van der Waals surface area contributed by atoms with Crippen LogP contribution in [0.1, 0.15) is 17.3 Å². The lowest BCUT2D eigenvalue weighted by molar-refractivity contribution is -0.0521. The molecule has 0 spiro atoms. The molecule has 19 heavy (non-hydrogen) atoms. The Labute approximate surface area is 107 Å². The van der Waals surface area contributed by atoms with Gasteiger partial charge in [-0.25, -0.2) is 0 Å². The maximum atomic E-state index is 12.0. The topological polar surface area (TPSA) is 60.4 Å². The van der Waals surface area contributed by atoms with Crippen molar-refractivity contribution in [3.63, 3.8) is 0 Å². The summed E-state index contributed by atoms with van der Waals surface area (Å²) >= 11 is 0. The van der Waals surface area contributed by atoms with Crippen molar-refractivity contribution >= 4 is 15.9 Å². The lowest BCUT2D eigenvalue weighted by Crippen LogP contribution is -2.25. The van der Waals surface area contributed by atoms with Crippen LogP contribution in [-0.4, -0.2) is 19.7 Å². The first-order chi connectivity index (χ1) is 8.63. The van der Waals surface area contributed by atoms with E-state index in [-0.39, 0.29) is 5.56 Å². The molecule has 1 aromatic carbocycles. The van der Waals surface area contributed by atoms with E-state index in [1.807, 2.05) is 0 Å². The monoisotopic (exact) mass is 294 g/mol. The van der Waals surface area contributed by atoms with Crippen LogP contribution in [0, 0.1) is 0 Å². The van der Waals surface area contributed by atoms with Gasteiger partial charge in [-0.2, -0.15) is 21.6 Å².